The third-order valence-corrected chi connectivity index (χ3v) is 4.22. The van der Waals surface area contributed by atoms with Crippen molar-refractivity contribution in [2.75, 3.05) is 13.7 Å². The normalized spacial score (nSPS) is 19.8. The van der Waals surface area contributed by atoms with Gasteiger partial charge in [0.2, 0.25) is 0 Å². The number of ether oxygens (including phenoxy) is 1. The summed E-state index contributed by atoms with van der Waals surface area (Å²) in [6.45, 7) is 5.01. The summed E-state index contributed by atoms with van der Waals surface area (Å²) in [5.41, 5.74) is 0.767. The molecule has 0 saturated heterocycles. The van der Waals surface area contributed by atoms with E-state index in [0.29, 0.717) is 6.04 Å². The Labute approximate surface area is 117 Å². The molecule has 3 heteroatoms. The number of hydrogen-bond donors (Lipinski definition) is 1. The largest absolute Gasteiger partial charge is 0.466 e. The number of rotatable bonds is 6. The van der Waals surface area contributed by atoms with Crippen LogP contribution in [0.3, 0.4) is 0 Å². The number of nitrogens with one attached hydrogen (secondary N) is 1. The van der Waals surface area contributed by atoms with Crippen LogP contribution in [0.25, 0.3) is 0 Å². The standard InChI is InChI=1S/C16H29NO2/c1-4-14(16(18)19-3)11-12-17-13(2)15-9-7-5-6-8-10-15/h11,13,15,17H,4-10,12H2,1-3H3/t13-/m1/s1. The number of methoxy groups -OCH3 is 1. The molecule has 0 heterocycles. The van der Waals surface area contributed by atoms with Gasteiger partial charge in [0.15, 0.2) is 0 Å². The molecule has 1 rings (SSSR count). The van der Waals surface area contributed by atoms with Crippen LogP contribution in [-0.4, -0.2) is 25.7 Å². The fourth-order valence-corrected chi connectivity index (χ4v) is 2.85. The van der Waals surface area contributed by atoms with Crippen molar-refractivity contribution in [2.45, 2.75) is 64.8 Å². The van der Waals surface area contributed by atoms with Crippen molar-refractivity contribution < 1.29 is 9.53 Å². The summed E-state index contributed by atoms with van der Waals surface area (Å²) in [5.74, 6) is 0.588. The number of carbonyl (C=O) groups excluding carboxylic acids is 1. The molecule has 110 valence electrons. The lowest BCUT2D eigenvalue weighted by atomic mass is 9.93. The van der Waals surface area contributed by atoms with E-state index in [1.807, 2.05) is 13.0 Å². The Morgan fingerprint density at radius 3 is 2.47 bits per heavy atom. The van der Waals surface area contributed by atoms with Crippen LogP contribution in [0.5, 0.6) is 0 Å². The molecule has 1 atom stereocenters. The van der Waals surface area contributed by atoms with Crippen LogP contribution in [0.2, 0.25) is 0 Å². The summed E-state index contributed by atoms with van der Waals surface area (Å²) < 4.78 is 4.76. The molecule has 0 aromatic heterocycles. The maximum atomic E-state index is 11.4. The van der Waals surface area contributed by atoms with Gasteiger partial charge in [-0.05, 0) is 32.1 Å². The minimum Gasteiger partial charge on any atom is -0.466 e. The molecule has 0 bridgehead atoms. The van der Waals surface area contributed by atoms with E-state index in [0.717, 1.165) is 24.5 Å². The van der Waals surface area contributed by atoms with E-state index in [2.05, 4.69) is 12.2 Å². The van der Waals surface area contributed by atoms with Gasteiger partial charge in [-0.1, -0.05) is 38.7 Å². The minimum atomic E-state index is -0.202. The number of carbonyl (C=O) groups is 1. The second-order valence-corrected chi connectivity index (χ2v) is 5.52. The van der Waals surface area contributed by atoms with Crippen molar-refractivity contribution in [3.63, 3.8) is 0 Å². The van der Waals surface area contributed by atoms with Gasteiger partial charge in [-0.15, -0.1) is 0 Å². The zero-order valence-electron chi connectivity index (χ0n) is 12.7. The van der Waals surface area contributed by atoms with Gasteiger partial charge in [0.25, 0.3) is 0 Å². The predicted molar refractivity (Wildman–Crippen MR) is 79.0 cm³/mol. The smallest absolute Gasteiger partial charge is 0.333 e. The van der Waals surface area contributed by atoms with Gasteiger partial charge < -0.3 is 10.1 Å². The van der Waals surface area contributed by atoms with Gasteiger partial charge >= 0.3 is 5.97 Å². The molecule has 1 N–H and O–H groups in total. The van der Waals surface area contributed by atoms with Gasteiger partial charge in [0.1, 0.15) is 0 Å². The van der Waals surface area contributed by atoms with Crippen LogP contribution in [0, 0.1) is 5.92 Å². The minimum absolute atomic E-state index is 0.202. The molecule has 19 heavy (non-hydrogen) atoms. The summed E-state index contributed by atoms with van der Waals surface area (Å²) in [6.07, 6.45) is 10.9. The van der Waals surface area contributed by atoms with Crippen LogP contribution in [0.15, 0.2) is 11.6 Å². The van der Waals surface area contributed by atoms with Crippen LogP contribution in [-0.2, 0) is 9.53 Å². The molecule has 0 aromatic rings. The Kier molecular flexibility index (Phi) is 7.80. The Balaban J connectivity index is 2.37. The summed E-state index contributed by atoms with van der Waals surface area (Å²) in [7, 11) is 1.44. The highest BCUT2D eigenvalue weighted by molar-refractivity contribution is 5.88. The lowest BCUT2D eigenvalue weighted by Gasteiger charge is -2.23. The van der Waals surface area contributed by atoms with Crippen molar-refractivity contribution in [3.8, 4) is 0 Å². The molecule has 0 unspecified atom stereocenters. The first-order valence-electron chi connectivity index (χ1n) is 7.69. The van der Waals surface area contributed by atoms with Crippen LogP contribution < -0.4 is 5.32 Å². The molecular weight excluding hydrogens is 238 g/mol. The van der Waals surface area contributed by atoms with E-state index in [1.54, 1.807) is 0 Å². The SMILES string of the molecule is CCC(=CCN[C@H](C)C1CCCCCC1)C(=O)OC. The zero-order chi connectivity index (χ0) is 14.1. The van der Waals surface area contributed by atoms with Gasteiger partial charge in [-0.3, -0.25) is 0 Å². The van der Waals surface area contributed by atoms with Crippen molar-refractivity contribution in [1.82, 2.24) is 5.32 Å². The van der Waals surface area contributed by atoms with E-state index < -0.39 is 0 Å². The van der Waals surface area contributed by atoms with Crippen LogP contribution >= 0.6 is 0 Å². The topological polar surface area (TPSA) is 38.3 Å². The Morgan fingerprint density at radius 2 is 1.95 bits per heavy atom. The third kappa shape index (κ3) is 5.77. The Bertz CT molecular complexity index is 291. The Hall–Kier alpha value is -0.830. The van der Waals surface area contributed by atoms with E-state index in [4.69, 9.17) is 4.74 Å². The first kappa shape index (κ1) is 16.2. The lowest BCUT2D eigenvalue weighted by molar-refractivity contribution is -0.136. The molecule has 0 spiro atoms. The molecular formula is C16H29NO2. The molecule has 0 amide bonds. The van der Waals surface area contributed by atoms with E-state index >= 15 is 0 Å². The first-order valence-corrected chi connectivity index (χ1v) is 7.69. The van der Waals surface area contributed by atoms with E-state index in [9.17, 15) is 4.79 Å². The fraction of sp³-hybridized carbons (Fsp3) is 0.812. The van der Waals surface area contributed by atoms with E-state index in [1.165, 1.54) is 45.6 Å². The Morgan fingerprint density at radius 1 is 1.32 bits per heavy atom. The zero-order valence-corrected chi connectivity index (χ0v) is 12.7. The van der Waals surface area contributed by atoms with Crippen molar-refractivity contribution in [2.24, 2.45) is 5.92 Å². The second kappa shape index (κ2) is 9.13. The average Bonchev–Trinajstić information content (AvgIpc) is 2.71. The molecule has 0 aliphatic heterocycles. The quantitative estimate of drug-likeness (QED) is 0.455. The monoisotopic (exact) mass is 267 g/mol. The maximum absolute atomic E-state index is 11.4. The van der Waals surface area contributed by atoms with E-state index in [-0.39, 0.29) is 5.97 Å². The maximum Gasteiger partial charge on any atom is 0.333 e. The molecule has 0 aromatic carbocycles. The van der Waals surface area contributed by atoms with Crippen LogP contribution in [0.1, 0.15) is 58.8 Å². The lowest BCUT2D eigenvalue weighted by Crippen LogP contribution is -2.33. The van der Waals surface area contributed by atoms with Crippen molar-refractivity contribution >= 4 is 5.97 Å². The third-order valence-electron chi connectivity index (χ3n) is 4.22. The molecule has 1 aliphatic rings. The van der Waals surface area contributed by atoms with Crippen molar-refractivity contribution in [1.29, 1.82) is 0 Å². The number of hydrogen-bond acceptors (Lipinski definition) is 3. The highest BCUT2D eigenvalue weighted by Crippen LogP contribution is 2.25. The first-order chi connectivity index (χ1) is 9.19. The molecule has 1 saturated carbocycles. The number of esters is 1. The van der Waals surface area contributed by atoms with Gasteiger partial charge in [0, 0.05) is 18.2 Å². The predicted octanol–water partition coefficient (Wildman–Crippen LogP) is 3.44. The summed E-state index contributed by atoms with van der Waals surface area (Å²) in [4.78, 5) is 11.4. The molecule has 3 nitrogen and oxygen atoms in total. The molecule has 1 fully saturated rings. The second-order valence-electron chi connectivity index (χ2n) is 5.52. The summed E-state index contributed by atoms with van der Waals surface area (Å²) in [5, 5.41) is 3.54. The van der Waals surface area contributed by atoms with Gasteiger partial charge in [-0.2, -0.15) is 0 Å². The highest BCUT2D eigenvalue weighted by atomic mass is 16.5. The summed E-state index contributed by atoms with van der Waals surface area (Å²) >= 11 is 0. The molecule has 0 radical (unpaired) electrons. The fourth-order valence-electron chi connectivity index (χ4n) is 2.85. The van der Waals surface area contributed by atoms with Gasteiger partial charge in [-0.25, -0.2) is 4.79 Å². The average molecular weight is 267 g/mol. The highest BCUT2D eigenvalue weighted by Gasteiger charge is 2.18. The van der Waals surface area contributed by atoms with Crippen LogP contribution in [0.4, 0.5) is 0 Å². The summed E-state index contributed by atoms with van der Waals surface area (Å²) in [6, 6.07) is 0.533. The molecule has 1 aliphatic carbocycles. The van der Waals surface area contributed by atoms with Gasteiger partial charge in [0.05, 0.1) is 7.11 Å². The van der Waals surface area contributed by atoms with Crippen molar-refractivity contribution in [3.05, 3.63) is 11.6 Å².